The van der Waals surface area contributed by atoms with Gasteiger partial charge in [0.15, 0.2) is 11.6 Å². The van der Waals surface area contributed by atoms with Crippen molar-refractivity contribution in [3.05, 3.63) is 263 Å². The fourth-order valence-electron chi connectivity index (χ4n) is 13.2. The number of hydrogen-bond donors (Lipinski definition) is 0. The number of benzene rings is 8. The second kappa shape index (κ2) is 13.3. The summed E-state index contributed by atoms with van der Waals surface area (Å²) in [5.41, 5.74) is 22.1. The highest BCUT2D eigenvalue weighted by Crippen LogP contribution is 2.65. The van der Waals surface area contributed by atoms with Gasteiger partial charge >= 0.3 is 0 Å². The normalized spacial score (nSPS) is 14.3. The average molecular weight is 877 g/mol. The molecule has 8 aromatic carbocycles. The summed E-state index contributed by atoms with van der Waals surface area (Å²) in [7, 11) is 0. The van der Waals surface area contributed by atoms with Crippen LogP contribution in [-0.4, -0.2) is 29.5 Å². The molecule has 4 aromatic heterocycles. The van der Waals surface area contributed by atoms with E-state index in [4.69, 9.17) is 24.9 Å². The summed E-state index contributed by atoms with van der Waals surface area (Å²) < 4.78 is 2.02. The molecule has 0 saturated carbocycles. The molecule has 318 valence electrons. The maximum Gasteiger partial charge on any atom is 0.241 e. The van der Waals surface area contributed by atoms with Gasteiger partial charge in [-0.2, -0.15) is 9.97 Å². The maximum atomic E-state index is 5.68. The van der Waals surface area contributed by atoms with Gasteiger partial charge in [-0.15, -0.1) is 0 Å². The molecular weight excluding hydrogens is 841 g/mol. The van der Waals surface area contributed by atoms with Crippen molar-refractivity contribution in [3.8, 4) is 73.2 Å². The molecule has 4 heterocycles. The van der Waals surface area contributed by atoms with Gasteiger partial charge in [0.25, 0.3) is 0 Å². The molecule has 0 radical (unpaired) electrons. The number of nitrogens with zero attached hydrogens (tertiary/aromatic N) is 6. The van der Waals surface area contributed by atoms with Crippen LogP contribution in [-0.2, 0) is 10.8 Å². The minimum Gasteiger partial charge on any atom is -0.245 e. The molecule has 0 N–H and O–H groups in total. The van der Waals surface area contributed by atoms with Crippen LogP contribution in [0.4, 0.5) is 0 Å². The smallest absolute Gasteiger partial charge is 0.241 e. The fourth-order valence-corrected chi connectivity index (χ4v) is 13.2. The lowest BCUT2D eigenvalue weighted by Gasteiger charge is -2.30. The number of pyridine rings is 2. The van der Waals surface area contributed by atoms with E-state index < -0.39 is 10.8 Å². The van der Waals surface area contributed by atoms with Crippen molar-refractivity contribution in [2.45, 2.75) is 10.8 Å². The Kier molecular flexibility index (Phi) is 7.12. The summed E-state index contributed by atoms with van der Waals surface area (Å²) >= 11 is 0. The van der Waals surface area contributed by atoms with Gasteiger partial charge in [-0.05, 0) is 113 Å². The van der Waals surface area contributed by atoms with E-state index in [1.807, 2.05) is 29.1 Å². The molecule has 0 aliphatic heterocycles. The first kappa shape index (κ1) is 37.0. The summed E-state index contributed by atoms with van der Waals surface area (Å²) in [6.07, 6.45) is 3.66. The molecule has 6 nitrogen and oxygen atoms in total. The molecule has 2 spiro atoms. The number of hydrogen-bond acceptors (Lipinski definition) is 5. The van der Waals surface area contributed by atoms with Crippen LogP contribution in [0.1, 0.15) is 44.5 Å². The summed E-state index contributed by atoms with van der Waals surface area (Å²) in [6, 6.07) is 75.1. The zero-order valence-corrected chi connectivity index (χ0v) is 37.0. The lowest BCUT2D eigenvalue weighted by Crippen LogP contribution is -2.25. The largest absolute Gasteiger partial charge is 0.245 e. The predicted molar refractivity (Wildman–Crippen MR) is 273 cm³/mol. The molecular formula is C63H36N6. The predicted octanol–water partition coefficient (Wildman–Crippen LogP) is 13.8. The minimum atomic E-state index is -0.527. The van der Waals surface area contributed by atoms with E-state index in [1.54, 1.807) is 0 Å². The molecule has 69 heavy (non-hydrogen) atoms. The molecule has 0 amide bonds. The fraction of sp³-hybridized carbons (Fsp3) is 0.0317. The Bertz CT molecular complexity index is 3880. The summed E-state index contributed by atoms with van der Waals surface area (Å²) in [5, 5.41) is 1.96. The second-order valence-electron chi connectivity index (χ2n) is 18.6. The van der Waals surface area contributed by atoms with E-state index in [1.165, 1.54) is 77.9 Å². The Balaban J connectivity index is 1.01. The van der Waals surface area contributed by atoms with Crippen LogP contribution in [0.2, 0.25) is 0 Å². The van der Waals surface area contributed by atoms with E-state index in [9.17, 15) is 0 Å². The zero-order valence-electron chi connectivity index (χ0n) is 37.0. The van der Waals surface area contributed by atoms with Crippen molar-refractivity contribution in [2.24, 2.45) is 0 Å². The molecule has 0 bridgehead atoms. The molecule has 6 heteroatoms. The van der Waals surface area contributed by atoms with E-state index in [-0.39, 0.29) is 0 Å². The van der Waals surface area contributed by atoms with Gasteiger partial charge in [-0.3, -0.25) is 0 Å². The Morgan fingerprint density at radius 1 is 0.275 bits per heavy atom. The maximum absolute atomic E-state index is 5.68. The molecule has 0 unspecified atom stereocenters. The first-order chi connectivity index (χ1) is 34.3. The van der Waals surface area contributed by atoms with Crippen LogP contribution in [0, 0.1) is 0 Å². The Labute approximate surface area is 397 Å². The third kappa shape index (κ3) is 4.45. The second-order valence-corrected chi connectivity index (χ2v) is 18.6. The van der Waals surface area contributed by atoms with E-state index >= 15 is 0 Å². The molecule has 0 saturated heterocycles. The van der Waals surface area contributed by atoms with Crippen molar-refractivity contribution in [1.82, 2.24) is 29.5 Å². The monoisotopic (exact) mass is 876 g/mol. The highest BCUT2D eigenvalue weighted by Gasteiger charge is 2.54. The van der Waals surface area contributed by atoms with Gasteiger partial charge in [-0.1, -0.05) is 182 Å². The average Bonchev–Trinajstić information content (AvgIpc) is 4.18. The molecule has 0 fully saturated rings. The minimum absolute atomic E-state index is 0.456. The van der Waals surface area contributed by atoms with Crippen LogP contribution in [0.15, 0.2) is 219 Å². The van der Waals surface area contributed by atoms with Crippen molar-refractivity contribution in [1.29, 1.82) is 0 Å². The van der Waals surface area contributed by atoms with Gasteiger partial charge in [0.05, 0.1) is 10.8 Å². The molecule has 4 aliphatic rings. The highest BCUT2D eigenvalue weighted by atomic mass is 15.2. The molecule has 12 aromatic rings. The van der Waals surface area contributed by atoms with E-state index in [0.717, 1.165) is 44.3 Å². The van der Waals surface area contributed by atoms with Crippen molar-refractivity contribution in [2.75, 3.05) is 0 Å². The number of fused-ring (bicyclic) bond motifs is 23. The third-order valence-corrected chi connectivity index (χ3v) is 15.6. The van der Waals surface area contributed by atoms with Crippen LogP contribution < -0.4 is 0 Å². The summed E-state index contributed by atoms with van der Waals surface area (Å²) in [5.74, 6) is 1.61. The lowest BCUT2D eigenvalue weighted by atomic mass is 9.70. The first-order valence-electron chi connectivity index (χ1n) is 23.6. The SMILES string of the molecule is c1ccc2c(c1)-c1ccccc1C21c2ccccc2-c2c(-c3nc(-c4cccc5c4-c4ccccc4C54c5ccccc5-c5ccccc54)nc(-n4c5ncccc5c5cccnc54)n3)cccc21. The molecule has 0 atom stereocenters. The third-order valence-electron chi connectivity index (χ3n) is 15.6. The molecule has 4 aliphatic carbocycles. The van der Waals surface area contributed by atoms with Crippen molar-refractivity contribution >= 4 is 22.1 Å². The van der Waals surface area contributed by atoms with Crippen molar-refractivity contribution in [3.63, 3.8) is 0 Å². The Morgan fingerprint density at radius 3 is 0.986 bits per heavy atom. The topological polar surface area (TPSA) is 69.4 Å². The van der Waals surface area contributed by atoms with Crippen LogP contribution in [0.25, 0.3) is 95.3 Å². The van der Waals surface area contributed by atoms with Crippen LogP contribution in [0.3, 0.4) is 0 Å². The van der Waals surface area contributed by atoms with Gasteiger partial charge < -0.3 is 0 Å². The number of rotatable bonds is 3. The van der Waals surface area contributed by atoms with Gasteiger partial charge in [0.2, 0.25) is 5.95 Å². The lowest BCUT2D eigenvalue weighted by molar-refractivity contribution is 0.793. The van der Waals surface area contributed by atoms with Gasteiger partial charge in [0.1, 0.15) is 11.3 Å². The van der Waals surface area contributed by atoms with E-state index in [0.29, 0.717) is 17.6 Å². The van der Waals surface area contributed by atoms with Crippen molar-refractivity contribution < 1.29 is 0 Å². The van der Waals surface area contributed by atoms with Gasteiger partial charge in [-0.25, -0.2) is 19.5 Å². The standard InChI is InChI=1S/C63H36N6/c1-7-27-47-37(17-1)38-18-2-8-28-48(38)62(47)51-31-11-5-21-43(51)55-45(23-13-33-53(55)62)57-66-58(68-61(67-57)69-59-41(25-15-35-64-59)42-26-16-36-65-60(42)69)46-24-14-34-54-56(46)44-22-6-12-32-52(44)63(54)49-29-9-3-19-39(49)40-20-4-10-30-50(40)63/h1-36H. The summed E-state index contributed by atoms with van der Waals surface area (Å²) in [4.78, 5) is 26.7. The van der Waals surface area contributed by atoms with Crippen LogP contribution >= 0.6 is 0 Å². The Hall–Kier alpha value is -9.13. The highest BCUT2D eigenvalue weighted by molar-refractivity contribution is 6.06. The van der Waals surface area contributed by atoms with E-state index in [2.05, 4.69) is 194 Å². The molecule has 16 rings (SSSR count). The van der Waals surface area contributed by atoms with Gasteiger partial charge in [0, 0.05) is 34.3 Å². The number of aromatic nitrogens is 6. The first-order valence-corrected chi connectivity index (χ1v) is 23.6. The summed E-state index contributed by atoms with van der Waals surface area (Å²) in [6.45, 7) is 0. The zero-order chi connectivity index (χ0) is 45.0. The quantitative estimate of drug-likeness (QED) is 0.177. The van der Waals surface area contributed by atoms with Crippen LogP contribution in [0.5, 0.6) is 0 Å². The Morgan fingerprint density at radius 2 is 0.594 bits per heavy atom.